The number of rotatable bonds is 5. The van der Waals surface area contributed by atoms with Crippen LogP contribution in [0.1, 0.15) is 42.0 Å². The van der Waals surface area contributed by atoms with Crippen molar-refractivity contribution in [2.75, 3.05) is 0 Å². The Morgan fingerprint density at radius 1 is 1.05 bits per heavy atom. The summed E-state index contributed by atoms with van der Waals surface area (Å²) in [7, 11) is 0. The first-order chi connectivity index (χ1) is 9.60. The zero-order valence-corrected chi connectivity index (χ0v) is 13.9. The molecule has 0 aliphatic heterocycles. The summed E-state index contributed by atoms with van der Waals surface area (Å²) in [6, 6.07) is 15.0. The van der Waals surface area contributed by atoms with E-state index >= 15 is 0 Å². The number of ether oxygens (including phenoxy) is 1. The van der Waals surface area contributed by atoms with E-state index in [0.717, 1.165) is 11.1 Å². The summed E-state index contributed by atoms with van der Waals surface area (Å²) < 4.78 is 5.94. The number of halogens is 1. The van der Waals surface area contributed by atoms with Crippen LogP contribution < -0.4 is 4.74 Å². The Balaban J connectivity index is 2.05. The molecule has 0 spiro atoms. The summed E-state index contributed by atoms with van der Waals surface area (Å²) >= 11 is 3.51. The molecule has 0 radical (unpaired) electrons. The third-order valence-electron chi connectivity index (χ3n) is 3.40. The lowest BCUT2D eigenvalue weighted by Gasteiger charge is -2.12. The summed E-state index contributed by atoms with van der Waals surface area (Å²) in [6.07, 6.45) is 0. The number of hydrogen-bond acceptors (Lipinski definition) is 1. The van der Waals surface area contributed by atoms with Gasteiger partial charge in [0.1, 0.15) is 12.4 Å². The van der Waals surface area contributed by atoms with Crippen molar-refractivity contribution < 1.29 is 4.74 Å². The van der Waals surface area contributed by atoms with E-state index in [9.17, 15) is 0 Å². The number of benzene rings is 2. The minimum absolute atomic E-state index is 0.571. The molecular weight excluding hydrogens is 312 g/mol. The molecule has 0 amide bonds. The predicted octanol–water partition coefficient (Wildman–Crippen LogP) is 5.59. The van der Waals surface area contributed by atoms with Crippen LogP contribution in [-0.2, 0) is 11.9 Å². The fourth-order valence-corrected chi connectivity index (χ4v) is 2.55. The van der Waals surface area contributed by atoms with E-state index in [2.05, 4.69) is 79.2 Å². The molecule has 0 saturated heterocycles. The Bertz CT molecular complexity index is 558. The van der Waals surface area contributed by atoms with Crippen LogP contribution in [0.5, 0.6) is 5.75 Å². The second-order valence-corrected chi connectivity index (χ2v) is 5.99. The van der Waals surface area contributed by atoms with Gasteiger partial charge in [0.2, 0.25) is 0 Å². The molecule has 0 atom stereocenters. The van der Waals surface area contributed by atoms with Gasteiger partial charge in [-0.3, -0.25) is 0 Å². The van der Waals surface area contributed by atoms with Crippen LogP contribution in [0.25, 0.3) is 0 Å². The molecule has 0 fully saturated rings. The second kappa shape index (κ2) is 6.94. The molecule has 0 heterocycles. The van der Waals surface area contributed by atoms with Gasteiger partial charge >= 0.3 is 0 Å². The van der Waals surface area contributed by atoms with Gasteiger partial charge in [-0.15, -0.1) is 0 Å². The summed E-state index contributed by atoms with van der Waals surface area (Å²) in [6.45, 7) is 7.13. The standard InChI is InChI=1S/C18H21BrO/c1-13(2)16-7-5-15(6-8-16)12-20-18-9-4-14(3)10-17(18)11-19/h4-10,13H,11-12H2,1-3H3. The van der Waals surface area contributed by atoms with Gasteiger partial charge in [-0.25, -0.2) is 0 Å². The lowest BCUT2D eigenvalue weighted by molar-refractivity contribution is 0.304. The van der Waals surface area contributed by atoms with Crippen molar-refractivity contribution in [1.29, 1.82) is 0 Å². The maximum absolute atomic E-state index is 5.94. The van der Waals surface area contributed by atoms with Crippen molar-refractivity contribution in [2.24, 2.45) is 0 Å². The van der Waals surface area contributed by atoms with Crippen LogP contribution >= 0.6 is 15.9 Å². The van der Waals surface area contributed by atoms with Gasteiger partial charge in [-0.05, 0) is 30.0 Å². The molecule has 2 aromatic rings. The molecule has 2 aromatic carbocycles. The lowest BCUT2D eigenvalue weighted by Crippen LogP contribution is -1.98. The van der Waals surface area contributed by atoms with Crippen LogP contribution in [0.3, 0.4) is 0 Å². The Morgan fingerprint density at radius 3 is 2.35 bits per heavy atom. The molecule has 0 saturated carbocycles. The van der Waals surface area contributed by atoms with E-state index in [1.165, 1.54) is 22.3 Å². The Labute approximate surface area is 130 Å². The zero-order chi connectivity index (χ0) is 14.5. The van der Waals surface area contributed by atoms with E-state index in [1.54, 1.807) is 0 Å². The molecule has 2 rings (SSSR count). The lowest BCUT2D eigenvalue weighted by atomic mass is 10.0. The molecule has 0 aliphatic carbocycles. The van der Waals surface area contributed by atoms with Crippen LogP contribution in [0.2, 0.25) is 0 Å². The SMILES string of the molecule is Cc1ccc(OCc2ccc(C(C)C)cc2)c(CBr)c1. The maximum atomic E-state index is 5.94. The average molecular weight is 333 g/mol. The maximum Gasteiger partial charge on any atom is 0.123 e. The number of hydrogen-bond donors (Lipinski definition) is 0. The summed E-state index contributed by atoms with van der Waals surface area (Å²) in [5.41, 5.74) is 5.03. The Hall–Kier alpha value is -1.28. The van der Waals surface area contributed by atoms with E-state index in [-0.39, 0.29) is 0 Å². The molecule has 106 valence electrons. The fraction of sp³-hybridized carbons (Fsp3) is 0.333. The summed E-state index contributed by atoms with van der Waals surface area (Å²) in [5, 5.41) is 0.816. The fourth-order valence-electron chi connectivity index (χ4n) is 2.11. The monoisotopic (exact) mass is 332 g/mol. The van der Waals surface area contributed by atoms with Gasteiger partial charge in [-0.1, -0.05) is 71.7 Å². The first-order valence-corrected chi connectivity index (χ1v) is 8.09. The Kier molecular flexibility index (Phi) is 5.24. The average Bonchev–Trinajstić information content (AvgIpc) is 2.46. The van der Waals surface area contributed by atoms with Gasteiger partial charge in [0.25, 0.3) is 0 Å². The van der Waals surface area contributed by atoms with Gasteiger partial charge in [-0.2, -0.15) is 0 Å². The third kappa shape index (κ3) is 3.86. The highest BCUT2D eigenvalue weighted by Crippen LogP contribution is 2.24. The summed E-state index contributed by atoms with van der Waals surface area (Å²) in [4.78, 5) is 0. The van der Waals surface area contributed by atoms with Gasteiger partial charge in [0.15, 0.2) is 0 Å². The molecule has 1 nitrogen and oxygen atoms in total. The normalized spacial score (nSPS) is 10.8. The first kappa shape index (κ1) is 15.1. The van der Waals surface area contributed by atoms with Crippen LogP contribution in [0.4, 0.5) is 0 Å². The van der Waals surface area contributed by atoms with E-state index < -0.39 is 0 Å². The first-order valence-electron chi connectivity index (χ1n) is 6.97. The highest BCUT2D eigenvalue weighted by molar-refractivity contribution is 9.08. The van der Waals surface area contributed by atoms with Crippen molar-refractivity contribution in [1.82, 2.24) is 0 Å². The largest absolute Gasteiger partial charge is 0.489 e. The van der Waals surface area contributed by atoms with Crippen molar-refractivity contribution >= 4 is 15.9 Å². The molecule has 0 bridgehead atoms. The quantitative estimate of drug-likeness (QED) is 0.648. The van der Waals surface area contributed by atoms with Crippen LogP contribution in [0, 0.1) is 6.92 Å². The highest BCUT2D eigenvalue weighted by atomic mass is 79.9. The molecule has 20 heavy (non-hydrogen) atoms. The van der Waals surface area contributed by atoms with E-state index in [1.807, 2.05) is 0 Å². The van der Waals surface area contributed by atoms with E-state index in [0.29, 0.717) is 12.5 Å². The van der Waals surface area contributed by atoms with Crippen molar-refractivity contribution in [3.05, 3.63) is 64.7 Å². The highest BCUT2D eigenvalue weighted by Gasteiger charge is 2.04. The van der Waals surface area contributed by atoms with Crippen molar-refractivity contribution in [3.8, 4) is 5.75 Å². The van der Waals surface area contributed by atoms with E-state index in [4.69, 9.17) is 4.74 Å². The third-order valence-corrected chi connectivity index (χ3v) is 4.00. The molecule has 2 heteroatoms. The minimum Gasteiger partial charge on any atom is -0.489 e. The van der Waals surface area contributed by atoms with Gasteiger partial charge < -0.3 is 4.74 Å². The van der Waals surface area contributed by atoms with Crippen molar-refractivity contribution in [3.63, 3.8) is 0 Å². The van der Waals surface area contributed by atoms with Gasteiger partial charge in [0, 0.05) is 10.9 Å². The second-order valence-electron chi connectivity index (χ2n) is 5.43. The summed E-state index contributed by atoms with van der Waals surface area (Å²) in [5.74, 6) is 1.53. The minimum atomic E-state index is 0.571. The van der Waals surface area contributed by atoms with Gasteiger partial charge in [0.05, 0.1) is 0 Å². The number of alkyl halides is 1. The number of aryl methyl sites for hydroxylation is 1. The van der Waals surface area contributed by atoms with Crippen LogP contribution in [0.15, 0.2) is 42.5 Å². The smallest absolute Gasteiger partial charge is 0.123 e. The molecule has 0 aromatic heterocycles. The molecule has 0 aliphatic rings. The molecule has 0 N–H and O–H groups in total. The van der Waals surface area contributed by atoms with Crippen molar-refractivity contribution in [2.45, 2.75) is 38.6 Å². The topological polar surface area (TPSA) is 9.23 Å². The zero-order valence-electron chi connectivity index (χ0n) is 12.3. The molecular formula is C18H21BrO. The van der Waals surface area contributed by atoms with Crippen LogP contribution in [-0.4, -0.2) is 0 Å². The molecule has 0 unspecified atom stereocenters. The predicted molar refractivity (Wildman–Crippen MR) is 88.7 cm³/mol. The Morgan fingerprint density at radius 2 is 1.75 bits per heavy atom.